The van der Waals surface area contributed by atoms with E-state index in [1.807, 2.05) is 38.1 Å². The Morgan fingerprint density at radius 2 is 1.75 bits per heavy atom. The number of carbonyl (C=O) groups excluding carboxylic acids is 2. The highest BCUT2D eigenvalue weighted by atomic mass is 16.5. The molecule has 1 aliphatic rings. The maximum atomic E-state index is 12.6. The van der Waals surface area contributed by atoms with Crippen molar-refractivity contribution in [2.75, 3.05) is 16.8 Å². The Hall–Kier alpha value is -2.82. The van der Waals surface area contributed by atoms with Gasteiger partial charge in [0.15, 0.2) is 0 Å². The van der Waals surface area contributed by atoms with Gasteiger partial charge >= 0.3 is 0 Å². The van der Waals surface area contributed by atoms with Gasteiger partial charge in [-0.3, -0.25) is 9.59 Å². The van der Waals surface area contributed by atoms with Gasteiger partial charge in [-0.2, -0.15) is 0 Å². The van der Waals surface area contributed by atoms with E-state index in [-0.39, 0.29) is 18.2 Å². The molecule has 1 N–H and O–H groups in total. The highest BCUT2D eigenvalue weighted by molar-refractivity contribution is 6.23. The molecular weight excluding hydrogens is 304 g/mol. The quantitative estimate of drug-likeness (QED) is 0.859. The summed E-state index contributed by atoms with van der Waals surface area (Å²) in [5.41, 5.74) is 2.55. The van der Waals surface area contributed by atoms with Gasteiger partial charge in [-0.05, 0) is 50.2 Å². The number of rotatable bonds is 5. The van der Waals surface area contributed by atoms with Crippen LogP contribution in [0.1, 0.15) is 18.9 Å². The summed E-state index contributed by atoms with van der Waals surface area (Å²) >= 11 is 0. The van der Waals surface area contributed by atoms with Gasteiger partial charge in [0.25, 0.3) is 5.91 Å². The third-order valence-electron chi connectivity index (χ3n) is 3.95. The average Bonchev–Trinajstić information content (AvgIpc) is 2.85. The summed E-state index contributed by atoms with van der Waals surface area (Å²) < 4.78 is 5.39. The van der Waals surface area contributed by atoms with Crippen molar-refractivity contribution in [3.63, 3.8) is 0 Å². The monoisotopic (exact) mass is 324 g/mol. The Kier molecular flexibility index (Phi) is 4.51. The first-order valence-corrected chi connectivity index (χ1v) is 8.01. The van der Waals surface area contributed by atoms with Crippen molar-refractivity contribution >= 4 is 23.2 Å². The topological polar surface area (TPSA) is 58.6 Å². The van der Waals surface area contributed by atoms with Crippen LogP contribution in [0, 0.1) is 6.92 Å². The third-order valence-corrected chi connectivity index (χ3v) is 3.95. The molecule has 2 aromatic rings. The van der Waals surface area contributed by atoms with Crippen LogP contribution in [0.3, 0.4) is 0 Å². The number of hydrogen-bond donors (Lipinski definition) is 1. The molecule has 2 amide bonds. The number of imide groups is 1. The maximum Gasteiger partial charge on any atom is 0.256 e. The molecule has 3 rings (SSSR count). The van der Waals surface area contributed by atoms with Gasteiger partial charge in [0.2, 0.25) is 5.91 Å². The number of nitrogens with one attached hydrogen (secondary N) is 1. The Bertz CT molecular complexity index is 738. The fourth-order valence-corrected chi connectivity index (χ4v) is 2.73. The maximum absolute atomic E-state index is 12.6. The van der Waals surface area contributed by atoms with Crippen LogP contribution in [-0.4, -0.2) is 24.5 Å². The number of aryl methyl sites for hydroxylation is 1. The summed E-state index contributed by atoms with van der Waals surface area (Å²) in [4.78, 5) is 26.1. The average molecular weight is 324 g/mol. The van der Waals surface area contributed by atoms with Crippen LogP contribution in [0.2, 0.25) is 0 Å². The second-order valence-corrected chi connectivity index (χ2v) is 5.76. The fourth-order valence-electron chi connectivity index (χ4n) is 2.73. The molecule has 24 heavy (non-hydrogen) atoms. The van der Waals surface area contributed by atoms with Crippen molar-refractivity contribution in [3.05, 3.63) is 54.1 Å². The van der Waals surface area contributed by atoms with Crippen molar-refractivity contribution in [1.82, 2.24) is 0 Å². The molecule has 1 saturated heterocycles. The van der Waals surface area contributed by atoms with Crippen LogP contribution in [0.25, 0.3) is 0 Å². The van der Waals surface area contributed by atoms with Gasteiger partial charge in [-0.1, -0.05) is 17.7 Å². The van der Waals surface area contributed by atoms with E-state index < -0.39 is 6.04 Å². The number of carbonyl (C=O) groups is 2. The van der Waals surface area contributed by atoms with Crippen molar-refractivity contribution in [2.24, 2.45) is 0 Å². The smallest absolute Gasteiger partial charge is 0.256 e. The summed E-state index contributed by atoms with van der Waals surface area (Å²) in [6.45, 7) is 4.48. The molecule has 0 bridgehead atoms. The fraction of sp³-hybridized carbons (Fsp3) is 0.263. The molecular formula is C19H20N2O3. The molecule has 5 nitrogen and oxygen atoms in total. The zero-order chi connectivity index (χ0) is 17.1. The first-order chi connectivity index (χ1) is 11.6. The number of benzene rings is 2. The first-order valence-electron chi connectivity index (χ1n) is 8.01. The minimum atomic E-state index is -0.535. The number of ether oxygens (including phenoxy) is 1. The summed E-state index contributed by atoms with van der Waals surface area (Å²) in [5.74, 6) is 0.285. The summed E-state index contributed by atoms with van der Waals surface area (Å²) in [7, 11) is 0. The van der Waals surface area contributed by atoms with Gasteiger partial charge in [-0.25, -0.2) is 4.90 Å². The van der Waals surface area contributed by atoms with E-state index in [1.54, 1.807) is 24.3 Å². The van der Waals surface area contributed by atoms with E-state index in [0.29, 0.717) is 12.3 Å². The molecule has 1 fully saturated rings. The van der Waals surface area contributed by atoms with Crippen molar-refractivity contribution in [1.29, 1.82) is 0 Å². The zero-order valence-electron chi connectivity index (χ0n) is 13.8. The largest absolute Gasteiger partial charge is 0.494 e. The van der Waals surface area contributed by atoms with Crippen molar-refractivity contribution in [2.45, 2.75) is 26.3 Å². The predicted octanol–water partition coefficient (Wildman–Crippen LogP) is 3.14. The van der Waals surface area contributed by atoms with E-state index in [2.05, 4.69) is 5.32 Å². The first kappa shape index (κ1) is 16.1. The lowest BCUT2D eigenvalue weighted by Crippen LogP contribution is -2.34. The van der Waals surface area contributed by atoms with Crippen LogP contribution in [0.15, 0.2) is 48.5 Å². The standard InChI is InChI=1S/C19H20N2O3/c1-3-24-16-10-8-15(9-11-16)21-18(22)12-17(19(21)23)20-14-6-4-13(2)5-7-14/h4-11,17,20H,3,12H2,1-2H3/t17-/m0/s1. The molecule has 0 unspecified atom stereocenters. The van der Waals surface area contributed by atoms with E-state index in [9.17, 15) is 9.59 Å². The van der Waals surface area contributed by atoms with Crippen LogP contribution in [-0.2, 0) is 9.59 Å². The van der Waals surface area contributed by atoms with Crippen molar-refractivity contribution < 1.29 is 14.3 Å². The van der Waals surface area contributed by atoms with E-state index in [1.165, 1.54) is 4.90 Å². The molecule has 5 heteroatoms. The van der Waals surface area contributed by atoms with Crippen LogP contribution in [0.5, 0.6) is 5.75 Å². The van der Waals surface area contributed by atoms with Gasteiger partial charge in [0.05, 0.1) is 18.7 Å². The van der Waals surface area contributed by atoms with Gasteiger partial charge in [0, 0.05) is 5.69 Å². The molecule has 0 aliphatic carbocycles. The third kappa shape index (κ3) is 3.25. The summed E-state index contributed by atoms with van der Waals surface area (Å²) in [6.07, 6.45) is 0.153. The highest BCUT2D eigenvalue weighted by Gasteiger charge is 2.39. The van der Waals surface area contributed by atoms with E-state index in [0.717, 1.165) is 17.0 Å². The lowest BCUT2D eigenvalue weighted by atomic mass is 10.2. The molecule has 1 aliphatic heterocycles. The summed E-state index contributed by atoms with van der Waals surface area (Å²) in [6, 6.07) is 14.2. The normalized spacial score (nSPS) is 17.2. The predicted molar refractivity (Wildman–Crippen MR) is 93.3 cm³/mol. The van der Waals surface area contributed by atoms with Crippen LogP contribution in [0.4, 0.5) is 11.4 Å². The lowest BCUT2D eigenvalue weighted by molar-refractivity contribution is -0.121. The molecule has 124 valence electrons. The minimum Gasteiger partial charge on any atom is -0.494 e. The van der Waals surface area contributed by atoms with Crippen LogP contribution < -0.4 is 15.0 Å². The number of amides is 2. The second-order valence-electron chi connectivity index (χ2n) is 5.76. The molecule has 0 aromatic heterocycles. The lowest BCUT2D eigenvalue weighted by Gasteiger charge is -2.16. The Labute approximate surface area is 141 Å². The van der Waals surface area contributed by atoms with Crippen molar-refractivity contribution in [3.8, 4) is 5.75 Å². The summed E-state index contributed by atoms with van der Waals surface area (Å²) in [5, 5.41) is 3.14. The SMILES string of the molecule is CCOc1ccc(N2C(=O)C[C@H](Nc3ccc(C)cc3)C2=O)cc1. The highest BCUT2D eigenvalue weighted by Crippen LogP contribution is 2.26. The molecule has 1 atom stereocenters. The second kappa shape index (κ2) is 6.74. The Balaban J connectivity index is 1.74. The van der Waals surface area contributed by atoms with Gasteiger partial charge in [0.1, 0.15) is 11.8 Å². The minimum absolute atomic E-state index is 0.153. The molecule has 0 radical (unpaired) electrons. The molecule has 0 spiro atoms. The van der Waals surface area contributed by atoms with Crippen LogP contribution >= 0.6 is 0 Å². The van der Waals surface area contributed by atoms with Gasteiger partial charge in [-0.15, -0.1) is 0 Å². The number of nitrogens with zero attached hydrogens (tertiary/aromatic N) is 1. The van der Waals surface area contributed by atoms with Gasteiger partial charge < -0.3 is 10.1 Å². The zero-order valence-corrected chi connectivity index (χ0v) is 13.8. The molecule has 1 heterocycles. The molecule has 0 saturated carbocycles. The molecule has 2 aromatic carbocycles. The van der Waals surface area contributed by atoms with E-state index in [4.69, 9.17) is 4.74 Å². The number of hydrogen-bond acceptors (Lipinski definition) is 4. The Morgan fingerprint density at radius 1 is 1.08 bits per heavy atom. The Morgan fingerprint density at radius 3 is 2.38 bits per heavy atom. The number of anilines is 2. The van der Waals surface area contributed by atoms with E-state index >= 15 is 0 Å².